The molecule has 0 unspecified atom stereocenters. The van der Waals surface area contributed by atoms with Gasteiger partial charge in [0.2, 0.25) is 5.88 Å². The summed E-state index contributed by atoms with van der Waals surface area (Å²) in [5.74, 6) is 0.724. The van der Waals surface area contributed by atoms with Crippen LogP contribution in [-0.2, 0) is 0 Å². The lowest BCUT2D eigenvalue weighted by molar-refractivity contribution is 0.186. The molecule has 3 heteroatoms. The van der Waals surface area contributed by atoms with Crippen LogP contribution < -0.4 is 4.74 Å². The third-order valence-corrected chi connectivity index (χ3v) is 3.27. The van der Waals surface area contributed by atoms with E-state index < -0.39 is 0 Å². The molecule has 2 rings (SSSR count). The Balaban J connectivity index is 2.06. The Morgan fingerprint density at radius 2 is 2.18 bits per heavy atom. The zero-order valence-electron chi connectivity index (χ0n) is 11.0. The lowest BCUT2D eigenvalue weighted by Crippen LogP contribution is -2.29. The fraction of sp³-hybridized carbons (Fsp3) is 0.643. The first kappa shape index (κ1) is 12.4. The minimum atomic E-state index is 0.186. The van der Waals surface area contributed by atoms with Gasteiger partial charge in [-0.05, 0) is 45.8 Å². The van der Waals surface area contributed by atoms with Gasteiger partial charge in [0, 0.05) is 18.3 Å². The molecule has 2 heterocycles. The first-order chi connectivity index (χ1) is 8.16. The van der Waals surface area contributed by atoms with Gasteiger partial charge in [-0.2, -0.15) is 0 Å². The smallest absolute Gasteiger partial charge is 0.213 e. The summed E-state index contributed by atoms with van der Waals surface area (Å²) >= 11 is 0. The predicted molar refractivity (Wildman–Crippen MR) is 69.2 cm³/mol. The van der Waals surface area contributed by atoms with Gasteiger partial charge < -0.3 is 4.74 Å². The quantitative estimate of drug-likeness (QED) is 0.804. The lowest BCUT2D eigenvalue weighted by Gasteiger charge is -2.32. The van der Waals surface area contributed by atoms with Crippen molar-refractivity contribution in [2.75, 3.05) is 13.6 Å². The number of pyridine rings is 1. The fourth-order valence-corrected chi connectivity index (χ4v) is 2.40. The molecule has 0 radical (unpaired) electrons. The fourth-order valence-electron chi connectivity index (χ4n) is 2.40. The molecule has 3 nitrogen and oxygen atoms in total. The van der Waals surface area contributed by atoms with Gasteiger partial charge in [-0.3, -0.25) is 4.90 Å². The van der Waals surface area contributed by atoms with E-state index in [-0.39, 0.29) is 6.10 Å². The van der Waals surface area contributed by atoms with Crippen LogP contribution in [0, 0.1) is 0 Å². The molecule has 0 bridgehead atoms. The number of nitrogens with zero attached hydrogens (tertiary/aromatic N) is 2. The van der Waals surface area contributed by atoms with Crippen molar-refractivity contribution in [2.45, 2.75) is 45.3 Å². The summed E-state index contributed by atoms with van der Waals surface area (Å²) in [5, 5.41) is 0. The van der Waals surface area contributed by atoms with Gasteiger partial charge in [0.25, 0.3) is 0 Å². The van der Waals surface area contributed by atoms with E-state index in [2.05, 4.69) is 23.0 Å². The maximum Gasteiger partial charge on any atom is 0.213 e. The molecule has 1 fully saturated rings. The Morgan fingerprint density at radius 1 is 1.35 bits per heavy atom. The molecule has 94 valence electrons. The van der Waals surface area contributed by atoms with Crippen LogP contribution in [0.4, 0.5) is 0 Å². The molecule has 0 N–H and O–H groups in total. The number of hydrogen-bond donors (Lipinski definition) is 0. The highest BCUT2D eigenvalue weighted by atomic mass is 16.5. The third-order valence-electron chi connectivity index (χ3n) is 3.27. The van der Waals surface area contributed by atoms with Crippen molar-refractivity contribution in [2.24, 2.45) is 0 Å². The second kappa shape index (κ2) is 5.50. The third kappa shape index (κ3) is 3.19. The highest BCUT2D eigenvalue weighted by Gasteiger charge is 2.20. The molecule has 1 saturated heterocycles. The maximum atomic E-state index is 5.56. The van der Waals surface area contributed by atoms with Gasteiger partial charge >= 0.3 is 0 Å². The van der Waals surface area contributed by atoms with E-state index in [0.717, 1.165) is 5.88 Å². The molecular weight excluding hydrogens is 212 g/mol. The van der Waals surface area contributed by atoms with E-state index in [9.17, 15) is 0 Å². The maximum absolute atomic E-state index is 5.56. The van der Waals surface area contributed by atoms with Crippen LogP contribution in [0.3, 0.4) is 0 Å². The zero-order chi connectivity index (χ0) is 12.3. The van der Waals surface area contributed by atoms with E-state index in [0.29, 0.717) is 6.04 Å². The van der Waals surface area contributed by atoms with E-state index in [1.54, 1.807) is 0 Å². The van der Waals surface area contributed by atoms with E-state index in [1.165, 1.54) is 31.4 Å². The highest BCUT2D eigenvalue weighted by molar-refractivity contribution is 5.21. The van der Waals surface area contributed by atoms with Crippen molar-refractivity contribution in [1.82, 2.24) is 9.88 Å². The second-order valence-corrected chi connectivity index (χ2v) is 5.09. The molecule has 1 aromatic rings. The lowest BCUT2D eigenvalue weighted by atomic mass is 9.97. The summed E-state index contributed by atoms with van der Waals surface area (Å²) in [7, 11) is 2.20. The second-order valence-electron chi connectivity index (χ2n) is 5.09. The van der Waals surface area contributed by atoms with E-state index in [1.807, 2.05) is 26.1 Å². The van der Waals surface area contributed by atoms with Crippen LogP contribution >= 0.6 is 0 Å². The number of likely N-dealkylation sites (tertiary alicyclic amines) is 1. The number of piperidine rings is 1. The minimum absolute atomic E-state index is 0.186. The summed E-state index contributed by atoms with van der Waals surface area (Å²) in [6.45, 7) is 5.23. The Hall–Kier alpha value is -1.09. The predicted octanol–water partition coefficient (Wildman–Crippen LogP) is 3.03. The van der Waals surface area contributed by atoms with Gasteiger partial charge in [0.05, 0.1) is 6.10 Å². The normalized spacial score (nSPS) is 21.8. The highest BCUT2D eigenvalue weighted by Crippen LogP contribution is 2.29. The van der Waals surface area contributed by atoms with Crippen molar-refractivity contribution in [1.29, 1.82) is 0 Å². The minimum Gasteiger partial charge on any atom is -0.475 e. The summed E-state index contributed by atoms with van der Waals surface area (Å²) < 4.78 is 5.56. The molecular formula is C14H22N2O. The van der Waals surface area contributed by atoms with Gasteiger partial charge in [0.15, 0.2) is 0 Å². The van der Waals surface area contributed by atoms with E-state index in [4.69, 9.17) is 4.74 Å². The number of aromatic nitrogens is 1. The van der Waals surface area contributed by atoms with Gasteiger partial charge in [-0.15, -0.1) is 0 Å². The van der Waals surface area contributed by atoms with Crippen LogP contribution in [0.1, 0.15) is 44.7 Å². The van der Waals surface area contributed by atoms with Crippen molar-refractivity contribution in [3.05, 3.63) is 23.9 Å². The largest absolute Gasteiger partial charge is 0.475 e. The van der Waals surface area contributed by atoms with Crippen molar-refractivity contribution >= 4 is 0 Å². The first-order valence-corrected chi connectivity index (χ1v) is 6.49. The van der Waals surface area contributed by atoms with Gasteiger partial charge in [-0.25, -0.2) is 4.98 Å². The van der Waals surface area contributed by atoms with Crippen LogP contribution in [0.5, 0.6) is 5.88 Å². The SMILES string of the molecule is CC(C)Oc1ccc([C@@H]2CCCCN2C)cn1. The summed E-state index contributed by atoms with van der Waals surface area (Å²) in [6, 6.07) is 4.67. The molecule has 0 aliphatic carbocycles. The summed E-state index contributed by atoms with van der Waals surface area (Å²) in [5.41, 5.74) is 1.31. The molecule has 1 aliphatic rings. The van der Waals surface area contributed by atoms with Crippen molar-refractivity contribution < 1.29 is 4.74 Å². The van der Waals surface area contributed by atoms with Gasteiger partial charge in [-0.1, -0.05) is 12.5 Å². The topological polar surface area (TPSA) is 25.4 Å². The molecule has 1 aliphatic heterocycles. The Kier molecular flexibility index (Phi) is 4.00. The van der Waals surface area contributed by atoms with Crippen LogP contribution in [-0.4, -0.2) is 29.6 Å². The molecule has 17 heavy (non-hydrogen) atoms. The summed E-state index contributed by atoms with van der Waals surface area (Å²) in [6.07, 6.45) is 6.02. The van der Waals surface area contributed by atoms with Crippen LogP contribution in [0.25, 0.3) is 0 Å². The monoisotopic (exact) mass is 234 g/mol. The molecule has 0 spiro atoms. The molecule has 1 aromatic heterocycles. The van der Waals surface area contributed by atoms with E-state index >= 15 is 0 Å². The molecule has 1 atom stereocenters. The van der Waals surface area contributed by atoms with Crippen LogP contribution in [0.2, 0.25) is 0 Å². The Bertz CT molecular complexity index is 348. The Labute approximate surface area is 104 Å². The Morgan fingerprint density at radius 3 is 2.76 bits per heavy atom. The van der Waals surface area contributed by atoms with Crippen molar-refractivity contribution in [3.63, 3.8) is 0 Å². The molecule has 0 amide bonds. The summed E-state index contributed by atoms with van der Waals surface area (Å²) in [4.78, 5) is 6.80. The van der Waals surface area contributed by atoms with Gasteiger partial charge in [0.1, 0.15) is 0 Å². The average molecular weight is 234 g/mol. The molecule has 0 saturated carbocycles. The number of hydrogen-bond acceptors (Lipinski definition) is 3. The first-order valence-electron chi connectivity index (χ1n) is 6.49. The average Bonchev–Trinajstić information content (AvgIpc) is 2.30. The molecule has 0 aromatic carbocycles. The van der Waals surface area contributed by atoms with Crippen LogP contribution in [0.15, 0.2) is 18.3 Å². The van der Waals surface area contributed by atoms with Crippen molar-refractivity contribution in [3.8, 4) is 5.88 Å². The standard InChI is InChI=1S/C14H22N2O/c1-11(2)17-14-8-7-12(10-15-14)13-6-4-5-9-16(13)3/h7-8,10-11,13H,4-6,9H2,1-3H3/t13-/m0/s1. The number of ether oxygens (including phenoxy) is 1. The number of rotatable bonds is 3. The zero-order valence-corrected chi connectivity index (χ0v) is 11.0.